The van der Waals surface area contributed by atoms with E-state index in [0.717, 1.165) is 18.6 Å². The van der Waals surface area contributed by atoms with E-state index in [9.17, 15) is 9.59 Å². The van der Waals surface area contributed by atoms with Gasteiger partial charge in [0.1, 0.15) is 17.2 Å². The summed E-state index contributed by atoms with van der Waals surface area (Å²) in [5.41, 5.74) is 0.370. The van der Waals surface area contributed by atoms with E-state index in [1.165, 1.54) is 6.92 Å². The van der Waals surface area contributed by atoms with Gasteiger partial charge < -0.3 is 14.2 Å². The summed E-state index contributed by atoms with van der Waals surface area (Å²) in [5, 5.41) is 0. The molecule has 0 aliphatic rings. The van der Waals surface area contributed by atoms with E-state index in [4.69, 9.17) is 14.2 Å². The highest BCUT2D eigenvalue weighted by molar-refractivity contribution is 5.91. The van der Waals surface area contributed by atoms with Crippen LogP contribution in [0.2, 0.25) is 0 Å². The number of carbonyl (C=O) groups excluding carboxylic acids is 2. The summed E-state index contributed by atoms with van der Waals surface area (Å²) in [6.45, 7) is 4.09. The van der Waals surface area contributed by atoms with Crippen molar-refractivity contribution >= 4 is 11.9 Å². The lowest BCUT2D eigenvalue weighted by Crippen LogP contribution is -2.08. The van der Waals surface area contributed by atoms with Crippen LogP contribution in [0.3, 0.4) is 0 Å². The third-order valence-electron chi connectivity index (χ3n) is 3.15. The number of esters is 2. The second kappa shape index (κ2) is 8.72. The van der Waals surface area contributed by atoms with Crippen LogP contribution in [0, 0.1) is 0 Å². The zero-order valence-corrected chi connectivity index (χ0v) is 13.8. The fraction of sp³-hybridized carbons (Fsp3) is 0.263. The van der Waals surface area contributed by atoms with Crippen molar-refractivity contribution in [2.75, 3.05) is 6.61 Å². The molecule has 126 valence electrons. The molecule has 0 aromatic heterocycles. The third kappa shape index (κ3) is 5.43. The maximum Gasteiger partial charge on any atom is 0.343 e. The predicted octanol–water partition coefficient (Wildman–Crippen LogP) is 4.01. The first-order chi connectivity index (χ1) is 11.6. The molecule has 24 heavy (non-hydrogen) atoms. The largest absolute Gasteiger partial charge is 0.494 e. The first-order valence-electron chi connectivity index (χ1n) is 7.82. The Morgan fingerprint density at radius 3 is 1.96 bits per heavy atom. The molecule has 0 atom stereocenters. The Morgan fingerprint density at radius 2 is 1.38 bits per heavy atom. The van der Waals surface area contributed by atoms with Gasteiger partial charge in [0.2, 0.25) is 0 Å². The van der Waals surface area contributed by atoms with Crippen LogP contribution >= 0.6 is 0 Å². The van der Waals surface area contributed by atoms with Gasteiger partial charge in [-0.05, 0) is 55.0 Å². The van der Waals surface area contributed by atoms with Crippen molar-refractivity contribution in [1.29, 1.82) is 0 Å². The molecule has 0 aliphatic carbocycles. The lowest BCUT2D eigenvalue weighted by Gasteiger charge is -2.08. The van der Waals surface area contributed by atoms with E-state index in [0.29, 0.717) is 23.7 Å². The molecule has 5 heteroatoms. The molecule has 0 unspecified atom stereocenters. The fourth-order valence-electron chi connectivity index (χ4n) is 1.93. The Hall–Kier alpha value is -2.82. The van der Waals surface area contributed by atoms with Crippen molar-refractivity contribution in [2.24, 2.45) is 0 Å². The van der Waals surface area contributed by atoms with Crippen molar-refractivity contribution < 1.29 is 23.8 Å². The second-order valence-electron chi connectivity index (χ2n) is 5.18. The van der Waals surface area contributed by atoms with E-state index in [1.807, 2.05) is 0 Å². The molecule has 2 rings (SSSR count). The topological polar surface area (TPSA) is 61.8 Å². The third-order valence-corrected chi connectivity index (χ3v) is 3.15. The first kappa shape index (κ1) is 17.5. The molecule has 0 spiro atoms. The number of rotatable bonds is 7. The zero-order valence-electron chi connectivity index (χ0n) is 13.8. The van der Waals surface area contributed by atoms with Crippen LogP contribution in [0.1, 0.15) is 37.0 Å². The Labute approximate surface area is 141 Å². The lowest BCUT2D eigenvalue weighted by atomic mass is 10.2. The fourth-order valence-corrected chi connectivity index (χ4v) is 1.93. The van der Waals surface area contributed by atoms with Crippen LogP contribution in [-0.2, 0) is 4.79 Å². The van der Waals surface area contributed by atoms with E-state index < -0.39 is 11.9 Å². The van der Waals surface area contributed by atoms with E-state index in [1.54, 1.807) is 48.5 Å². The second-order valence-corrected chi connectivity index (χ2v) is 5.18. The molecule has 0 N–H and O–H groups in total. The molecule has 0 amide bonds. The molecular weight excluding hydrogens is 308 g/mol. The molecule has 0 radical (unpaired) electrons. The Bertz CT molecular complexity index is 674. The minimum absolute atomic E-state index is 0.370. The molecule has 2 aromatic carbocycles. The minimum Gasteiger partial charge on any atom is -0.494 e. The summed E-state index contributed by atoms with van der Waals surface area (Å²) < 4.78 is 15.8. The summed E-state index contributed by atoms with van der Waals surface area (Å²) in [7, 11) is 0. The van der Waals surface area contributed by atoms with E-state index >= 15 is 0 Å². The van der Waals surface area contributed by atoms with E-state index in [-0.39, 0.29) is 0 Å². The zero-order chi connectivity index (χ0) is 17.4. The van der Waals surface area contributed by atoms with Crippen LogP contribution in [0.5, 0.6) is 17.2 Å². The number of carbonyl (C=O) groups is 2. The standard InChI is InChI=1S/C19H20O5/c1-3-4-13-22-16-9-11-18(12-10-16)24-19(21)15-5-7-17(8-6-15)23-14(2)20/h5-12H,3-4,13H2,1-2H3. The molecule has 0 aliphatic heterocycles. The van der Waals surface area contributed by atoms with Crippen LogP contribution in [0.4, 0.5) is 0 Å². The summed E-state index contributed by atoms with van der Waals surface area (Å²) in [4.78, 5) is 22.9. The van der Waals surface area contributed by atoms with E-state index in [2.05, 4.69) is 6.92 Å². The van der Waals surface area contributed by atoms with Gasteiger partial charge in [0.25, 0.3) is 0 Å². The smallest absolute Gasteiger partial charge is 0.343 e. The SMILES string of the molecule is CCCCOc1ccc(OC(=O)c2ccc(OC(C)=O)cc2)cc1. The highest BCUT2D eigenvalue weighted by atomic mass is 16.5. The lowest BCUT2D eigenvalue weighted by molar-refractivity contribution is -0.131. The van der Waals surface area contributed by atoms with Crippen molar-refractivity contribution in [2.45, 2.75) is 26.7 Å². The number of ether oxygens (including phenoxy) is 3. The van der Waals surface area contributed by atoms with Gasteiger partial charge in [-0.3, -0.25) is 4.79 Å². The van der Waals surface area contributed by atoms with Crippen molar-refractivity contribution in [3.63, 3.8) is 0 Å². The number of benzene rings is 2. The van der Waals surface area contributed by atoms with Gasteiger partial charge in [-0.15, -0.1) is 0 Å². The number of unbranched alkanes of at least 4 members (excludes halogenated alkanes) is 1. The number of hydrogen-bond acceptors (Lipinski definition) is 5. The van der Waals surface area contributed by atoms with Crippen LogP contribution in [-0.4, -0.2) is 18.5 Å². The van der Waals surface area contributed by atoms with Crippen molar-refractivity contribution in [3.8, 4) is 17.2 Å². The molecule has 2 aromatic rings. The summed E-state index contributed by atoms with van der Waals surface area (Å²) in [6.07, 6.45) is 2.08. The monoisotopic (exact) mass is 328 g/mol. The van der Waals surface area contributed by atoms with Gasteiger partial charge in [0.05, 0.1) is 12.2 Å². The quantitative estimate of drug-likeness (QED) is 0.436. The molecule has 0 saturated carbocycles. The first-order valence-corrected chi connectivity index (χ1v) is 7.82. The summed E-state index contributed by atoms with van der Waals surface area (Å²) in [5.74, 6) is 0.670. The predicted molar refractivity (Wildman–Crippen MR) is 89.6 cm³/mol. The molecule has 5 nitrogen and oxygen atoms in total. The maximum absolute atomic E-state index is 12.1. The molecule has 0 bridgehead atoms. The Kier molecular flexibility index (Phi) is 6.37. The highest BCUT2D eigenvalue weighted by Gasteiger charge is 2.09. The average Bonchev–Trinajstić information content (AvgIpc) is 2.57. The van der Waals surface area contributed by atoms with Gasteiger partial charge in [-0.2, -0.15) is 0 Å². The van der Waals surface area contributed by atoms with Gasteiger partial charge in [-0.1, -0.05) is 13.3 Å². The average molecular weight is 328 g/mol. The van der Waals surface area contributed by atoms with Gasteiger partial charge >= 0.3 is 11.9 Å². The van der Waals surface area contributed by atoms with Gasteiger partial charge in [-0.25, -0.2) is 4.79 Å². The molecular formula is C19H20O5. The minimum atomic E-state index is -0.482. The normalized spacial score (nSPS) is 10.1. The number of hydrogen-bond donors (Lipinski definition) is 0. The molecule has 0 fully saturated rings. The maximum atomic E-state index is 12.1. The summed E-state index contributed by atoms with van der Waals surface area (Å²) >= 11 is 0. The molecule has 0 heterocycles. The van der Waals surface area contributed by atoms with Crippen LogP contribution in [0.15, 0.2) is 48.5 Å². The van der Waals surface area contributed by atoms with Crippen LogP contribution < -0.4 is 14.2 Å². The Morgan fingerprint density at radius 1 is 0.833 bits per heavy atom. The van der Waals surface area contributed by atoms with Crippen molar-refractivity contribution in [1.82, 2.24) is 0 Å². The van der Waals surface area contributed by atoms with Gasteiger partial charge in [0.15, 0.2) is 0 Å². The van der Waals surface area contributed by atoms with Gasteiger partial charge in [0, 0.05) is 6.92 Å². The van der Waals surface area contributed by atoms with Crippen molar-refractivity contribution in [3.05, 3.63) is 54.1 Å². The highest BCUT2D eigenvalue weighted by Crippen LogP contribution is 2.20. The summed E-state index contributed by atoms with van der Waals surface area (Å²) in [6, 6.07) is 13.1. The Balaban J connectivity index is 1.92. The molecule has 0 saturated heterocycles. The van der Waals surface area contributed by atoms with Crippen LogP contribution in [0.25, 0.3) is 0 Å².